The first-order valence-corrected chi connectivity index (χ1v) is 5.64. The average molecular weight is 200 g/mol. The number of hydrogen-bond donors (Lipinski definition) is 2. The lowest BCUT2D eigenvalue weighted by atomic mass is 10.0. The third-order valence-electron chi connectivity index (χ3n) is 3.07. The molecule has 1 fully saturated rings. The molecule has 3 nitrogen and oxygen atoms in total. The van der Waals surface area contributed by atoms with Gasteiger partial charge in [-0.2, -0.15) is 0 Å². The van der Waals surface area contributed by atoms with Crippen LogP contribution in [0.15, 0.2) is 0 Å². The number of ether oxygens (including phenoxy) is 1. The molecule has 1 aliphatic rings. The summed E-state index contributed by atoms with van der Waals surface area (Å²) in [6, 6.07) is 1.48. The summed E-state index contributed by atoms with van der Waals surface area (Å²) in [5.41, 5.74) is 5.88. The van der Waals surface area contributed by atoms with Gasteiger partial charge in [-0.05, 0) is 25.2 Å². The van der Waals surface area contributed by atoms with Crippen LogP contribution < -0.4 is 11.1 Å². The molecule has 3 unspecified atom stereocenters. The second kappa shape index (κ2) is 5.69. The quantitative estimate of drug-likeness (QED) is 0.699. The van der Waals surface area contributed by atoms with Crippen LogP contribution in [0, 0.1) is 5.92 Å². The van der Waals surface area contributed by atoms with Gasteiger partial charge in [-0.3, -0.25) is 0 Å². The van der Waals surface area contributed by atoms with Gasteiger partial charge in [0.05, 0.1) is 6.61 Å². The highest BCUT2D eigenvalue weighted by Gasteiger charge is 2.24. The Balaban J connectivity index is 2.31. The molecule has 1 aliphatic carbocycles. The SMILES string of the molecule is COCC(NC1CCC(N)C1)C(C)C. The highest BCUT2D eigenvalue weighted by molar-refractivity contribution is 4.86. The van der Waals surface area contributed by atoms with Crippen molar-refractivity contribution in [3.05, 3.63) is 0 Å². The number of rotatable bonds is 5. The lowest BCUT2D eigenvalue weighted by Gasteiger charge is -2.25. The van der Waals surface area contributed by atoms with Crippen LogP contribution in [0.4, 0.5) is 0 Å². The fourth-order valence-corrected chi connectivity index (χ4v) is 2.08. The molecule has 0 bridgehead atoms. The van der Waals surface area contributed by atoms with Crippen molar-refractivity contribution in [2.75, 3.05) is 13.7 Å². The summed E-state index contributed by atoms with van der Waals surface area (Å²) >= 11 is 0. The summed E-state index contributed by atoms with van der Waals surface area (Å²) in [7, 11) is 1.76. The fraction of sp³-hybridized carbons (Fsp3) is 1.00. The van der Waals surface area contributed by atoms with Gasteiger partial charge in [0.15, 0.2) is 0 Å². The maximum atomic E-state index is 5.88. The van der Waals surface area contributed by atoms with E-state index in [4.69, 9.17) is 10.5 Å². The first-order chi connectivity index (χ1) is 6.63. The summed E-state index contributed by atoms with van der Waals surface area (Å²) < 4.78 is 5.21. The third-order valence-corrected chi connectivity index (χ3v) is 3.07. The van der Waals surface area contributed by atoms with Gasteiger partial charge >= 0.3 is 0 Å². The van der Waals surface area contributed by atoms with Gasteiger partial charge in [-0.15, -0.1) is 0 Å². The maximum Gasteiger partial charge on any atom is 0.0618 e. The monoisotopic (exact) mass is 200 g/mol. The molecule has 0 aromatic carbocycles. The molecule has 0 heterocycles. The van der Waals surface area contributed by atoms with Gasteiger partial charge in [0.2, 0.25) is 0 Å². The van der Waals surface area contributed by atoms with Crippen molar-refractivity contribution in [3.8, 4) is 0 Å². The minimum atomic E-state index is 0.405. The zero-order valence-corrected chi connectivity index (χ0v) is 9.62. The second-order valence-corrected chi connectivity index (χ2v) is 4.74. The van der Waals surface area contributed by atoms with Crippen LogP contribution in [0.5, 0.6) is 0 Å². The van der Waals surface area contributed by atoms with Gasteiger partial charge in [0, 0.05) is 25.2 Å². The number of nitrogens with one attached hydrogen (secondary N) is 1. The Bertz CT molecular complexity index is 161. The van der Waals surface area contributed by atoms with E-state index in [1.165, 1.54) is 6.42 Å². The molecule has 0 saturated heterocycles. The minimum absolute atomic E-state index is 0.405. The fourth-order valence-electron chi connectivity index (χ4n) is 2.08. The van der Waals surface area contributed by atoms with Crippen LogP contribution in [0.1, 0.15) is 33.1 Å². The normalized spacial score (nSPS) is 29.8. The number of methoxy groups -OCH3 is 1. The van der Waals surface area contributed by atoms with E-state index in [0.717, 1.165) is 19.4 Å². The largest absolute Gasteiger partial charge is 0.383 e. The molecule has 0 radical (unpaired) electrons. The molecule has 14 heavy (non-hydrogen) atoms. The van der Waals surface area contributed by atoms with E-state index in [9.17, 15) is 0 Å². The molecule has 1 saturated carbocycles. The summed E-state index contributed by atoms with van der Waals surface area (Å²) in [5.74, 6) is 0.617. The van der Waals surface area contributed by atoms with Crippen molar-refractivity contribution in [1.82, 2.24) is 5.32 Å². The van der Waals surface area contributed by atoms with Crippen LogP contribution in [0.25, 0.3) is 0 Å². The first kappa shape index (κ1) is 12.0. The van der Waals surface area contributed by atoms with Crippen molar-refractivity contribution in [1.29, 1.82) is 0 Å². The predicted octanol–water partition coefficient (Wildman–Crippen LogP) is 1.13. The summed E-state index contributed by atoms with van der Waals surface area (Å²) in [4.78, 5) is 0. The zero-order chi connectivity index (χ0) is 10.6. The molecular formula is C11H24N2O. The Kier molecular flexibility index (Phi) is 4.85. The third kappa shape index (κ3) is 3.56. The highest BCUT2D eigenvalue weighted by Crippen LogP contribution is 2.18. The molecule has 0 aliphatic heterocycles. The van der Waals surface area contributed by atoms with E-state index < -0.39 is 0 Å². The van der Waals surface area contributed by atoms with Crippen LogP contribution in [0.2, 0.25) is 0 Å². The van der Waals surface area contributed by atoms with E-state index in [1.54, 1.807) is 7.11 Å². The molecule has 0 aromatic heterocycles. The van der Waals surface area contributed by atoms with Gasteiger partial charge < -0.3 is 15.8 Å². The van der Waals surface area contributed by atoms with Gasteiger partial charge in [0.25, 0.3) is 0 Å². The lowest BCUT2D eigenvalue weighted by molar-refractivity contribution is 0.140. The first-order valence-electron chi connectivity index (χ1n) is 5.64. The topological polar surface area (TPSA) is 47.3 Å². The minimum Gasteiger partial charge on any atom is -0.383 e. The molecule has 3 N–H and O–H groups in total. The Morgan fingerprint density at radius 2 is 2.14 bits per heavy atom. The van der Waals surface area contributed by atoms with Crippen LogP contribution in [-0.2, 0) is 4.74 Å². The van der Waals surface area contributed by atoms with E-state index in [-0.39, 0.29) is 0 Å². The molecular weight excluding hydrogens is 176 g/mol. The van der Waals surface area contributed by atoms with E-state index in [0.29, 0.717) is 24.0 Å². The Hall–Kier alpha value is -0.120. The maximum absolute atomic E-state index is 5.88. The molecule has 1 rings (SSSR count). The molecule has 3 heteroatoms. The average Bonchev–Trinajstić information content (AvgIpc) is 2.50. The second-order valence-electron chi connectivity index (χ2n) is 4.74. The molecule has 0 spiro atoms. The lowest BCUT2D eigenvalue weighted by Crippen LogP contribution is -2.43. The van der Waals surface area contributed by atoms with Gasteiger partial charge in [0.1, 0.15) is 0 Å². The Morgan fingerprint density at radius 3 is 2.57 bits per heavy atom. The van der Waals surface area contributed by atoms with Crippen molar-refractivity contribution in [2.24, 2.45) is 11.7 Å². The number of hydrogen-bond acceptors (Lipinski definition) is 3. The smallest absolute Gasteiger partial charge is 0.0618 e. The summed E-state index contributed by atoms with van der Waals surface area (Å²) in [6.07, 6.45) is 3.50. The summed E-state index contributed by atoms with van der Waals surface area (Å²) in [5, 5.41) is 3.64. The van der Waals surface area contributed by atoms with Gasteiger partial charge in [-0.25, -0.2) is 0 Å². The van der Waals surface area contributed by atoms with Crippen LogP contribution in [-0.4, -0.2) is 31.8 Å². The van der Waals surface area contributed by atoms with E-state index >= 15 is 0 Å². The zero-order valence-electron chi connectivity index (χ0n) is 9.62. The Morgan fingerprint density at radius 1 is 1.43 bits per heavy atom. The Labute approximate surface area is 87.4 Å². The summed E-state index contributed by atoms with van der Waals surface area (Å²) in [6.45, 7) is 5.25. The highest BCUT2D eigenvalue weighted by atomic mass is 16.5. The van der Waals surface area contributed by atoms with Crippen molar-refractivity contribution in [2.45, 2.75) is 51.2 Å². The van der Waals surface area contributed by atoms with Crippen molar-refractivity contribution >= 4 is 0 Å². The molecule has 0 aromatic rings. The van der Waals surface area contributed by atoms with E-state index in [1.807, 2.05) is 0 Å². The van der Waals surface area contributed by atoms with Crippen molar-refractivity contribution < 1.29 is 4.74 Å². The van der Waals surface area contributed by atoms with Crippen LogP contribution in [0.3, 0.4) is 0 Å². The molecule has 3 atom stereocenters. The molecule has 0 amide bonds. The predicted molar refractivity (Wildman–Crippen MR) is 59.3 cm³/mol. The number of nitrogens with two attached hydrogens (primary N) is 1. The van der Waals surface area contributed by atoms with E-state index in [2.05, 4.69) is 19.2 Å². The van der Waals surface area contributed by atoms with Crippen molar-refractivity contribution in [3.63, 3.8) is 0 Å². The molecule has 84 valence electrons. The standard InChI is InChI=1S/C11H24N2O/c1-8(2)11(7-14-3)13-10-5-4-9(12)6-10/h8-11,13H,4-7,12H2,1-3H3. The van der Waals surface area contributed by atoms with Gasteiger partial charge in [-0.1, -0.05) is 13.8 Å². The van der Waals surface area contributed by atoms with Crippen LogP contribution >= 0.6 is 0 Å².